The number of hydrogen-bond acceptors (Lipinski definition) is 4. The molecule has 0 bridgehead atoms. The number of carbonyl (C=O) groups is 1. The van der Waals surface area contributed by atoms with E-state index in [2.05, 4.69) is 22.0 Å². The average molecular weight is 396 g/mol. The molecule has 1 fully saturated rings. The van der Waals surface area contributed by atoms with Gasteiger partial charge in [0.1, 0.15) is 0 Å². The van der Waals surface area contributed by atoms with Crippen molar-refractivity contribution in [3.8, 4) is 0 Å². The van der Waals surface area contributed by atoms with Crippen molar-refractivity contribution in [2.45, 2.75) is 64.8 Å². The molecule has 1 saturated heterocycles. The van der Waals surface area contributed by atoms with Gasteiger partial charge in [0.25, 0.3) is 0 Å². The molecule has 2 rings (SSSR count). The van der Waals surface area contributed by atoms with E-state index in [-0.39, 0.29) is 24.9 Å². The summed E-state index contributed by atoms with van der Waals surface area (Å²) in [5, 5.41) is 3.01. The second-order valence-corrected chi connectivity index (χ2v) is 9.45. The summed E-state index contributed by atoms with van der Waals surface area (Å²) in [6, 6.07) is 0.192. The Hall–Kier alpha value is -1.44. The van der Waals surface area contributed by atoms with Crippen LogP contribution >= 0.6 is 0 Å². The minimum absolute atomic E-state index is 0.100. The quantitative estimate of drug-likeness (QED) is 0.773. The van der Waals surface area contributed by atoms with Crippen LogP contribution in [0.4, 0.5) is 0 Å². The number of hydrogen-bond donors (Lipinski definition) is 2. The highest BCUT2D eigenvalue weighted by molar-refractivity contribution is 7.89. The first-order chi connectivity index (χ1) is 12.5. The maximum atomic E-state index is 12.8. The van der Waals surface area contributed by atoms with Crippen molar-refractivity contribution >= 4 is 15.9 Å². The molecule has 0 spiro atoms. The van der Waals surface area contributed by atoms with Gasteiger partial charge in [-0.05, 0) is 95.4 Å². The molecule has 0 aliphatic carbocycles. The van der Waals surface area contributed by atoms with Gasteiger partial charge in [-0.3, -0.25) is 4.79 Å². The summed E-state index contributed by atoms with van der Waals surface area (Å²) in [7, 11) is -1.58. The fourth-order valence-corrected chi connectivity index (χ4v) is 5.32. The number of nitrogens with one attached hydrogen (secondary N) is 2. The summed E-state index contributed by atoms with van der Waals surface area (Å²) in [6.07, 6.45) is 2.02. The Bertz CT molecular complexity index is 781. The van der Waals surface area contributed by atoms with Crippen molar-refractivity contribution in [3.63, 3.8) is 0 Å². The monoisotopic (exact) mass is 395 g/mol. The van der Waals surface area contributed by atoms with Crippen LogP contribution in [0.3, 0.4) is 0 Å². The Labute approximate surface area is 163 Å². The number of benzene rings is 1. The Kier molecular flexibility index (Phi) is 7.05. The molecule has 1 aromatic carbocycles. The molecule has 1 amide bonds. The molecule has 7 heteroatoms. The molecular weight excluding hydrogens is 362 g/mol. The van der Waals surface area contributed by atoms with Gasteiger partial charge in [-0.25, -0.2) is 13.1 Å². The van der Waals surface area contributed by atoms with E-state index >= 15 is 0 Å². The number of rotatable bonds is 6. The zero-order valence-corrected chi connectivity index (χ0v) is 18.2. The van der Waals surface area contributed by atoms with Gasteiger partial charge in [-0.15, -0.1) is 0 Å². The van der Waals surface area contributed by atoms with Crippen LogP contribution in [0.15, 0.2) is 4.90 Å². The molecule has 0 saturated carbocycles. The molecule has 1 aromatic rings. The van der Waals surface area contributed by atoms with Crippen molar-refractivity contribution < 1.29 is 13.2 Å². The number of nitrogens with zero attached hydrogens (tertiary/aromatic N) is 1. The summed E-state index contributed by atoms with van der Waals surface area (Å²) < 4.78 is 28.3. The molecule has 0 unspecified atom stereocenters. The molecule has 0 aromatic heterocycles. The van der Waals surface area contributed by atoms with Crippen LogP contribution in [0.1, 0.15) is 47.1 Å². The van der Waals surface area contributed by atoms with E-state index in [1.165, 1.54) is 0 Å². The zero-order chi connectivity index (χ0) is 20.4. The zero-order valence-electron chi connectivity index (χ0n) is 17.4. The summed E-state index contributed by atoms with van der Waals surface area (Å²) in [6.45, 7) is 11.7. The lowest BCUT2D eigenvalue weighted by molar-refractivity contribution is -0.121. The van der Waals surface area contributed by atoms with Gasteiger partial charge < -0.3 is 10.2 Å². The normalized spacial score (nSPS) is 16.5. The molecule has 2 N–H and O–H groups in total. The van der Waals surface area contributed by atoms with Gasteiger partial charge in [-0.1, -0.05) is 0 Å². The van der Waals surface area contributed by atoms with Gasteiger partial charge in [0.2, 0.25) is 15.9 Å². The number of carbonyl (C=O) groups excluding carboxylic acids is 1. The second-order valence-electron chi connectivity index (χ2n) is 7.75. The Morgan fingerprint density at radius 3 is 1.96 bits per heavy atom. The van der Waals surface area contributed by atoms with E-state index < -0.39 is 10.0 Å². The van der Waals surface area contributed by atoms with Gasteiger partial charge in [0.15, 0.2) is 0 Å². The molecule has 1 aliphatic rings. The Balaban J connectivity index is 1.99. The molecule has 6 nitrogen and oxygen atoms in total. The lowest BCUT2D eigenvalue weighted by Gasteiger charge is -2.29. The third kappa shape index (κ3) is 5.09. The summed E-state index contributed by atoms with van der Waals surface area (Å²) >= 11 is 0. The van der Waals surface area contributed by atoms with Gasteiger partial charge in [0.05, 0.1) is 4.90 Å². The minimum Gasteiger partial charge on any atom is -0.353 e. The topological polar surface area (TPSA) is 78.5 Å². The molecule has 0 atom stereocenters. The SMILES string of the molecule is Cc1c(C)c(C)c(S(=O)(=O)NCCC(=O)NC2CCN(C)CC2)c(C)c1C. The highest BCUT2D eigenvalue weighted by atomic mass is 32.2. The average Bonchev–Trinajstić information content (AvgIpc) is 2.60. The molecule has 27 heavy (non-hydrogen) atoms. The van der Waals surface area contributed by atoms with Crippen LogP contribution in [0, 0.1) is 34.6 Å². The number of amides is 1. The predicted molar refractivity (Wildman–Crippen MR) is 109 cm³/mol. The summed E-state index contributed by atoms with van der Waals surface area (Å²) in [5.74, 6) is -0.100. The van der Waals surface area contributed by atoms with Crippen molar-refractivity contribution in [2.24, 2.45) is 0 Å². The largest absolute Gasteiger partial charge is 0.353 e. The summed E-state index contributed by atoms with van der Waals surface area (Å²) in [4.78, 5) is 14.7. The smallest absolute Gasteiger partial charge is 0.241 e. The third-order valence-corrected chi connectivity index (χ3v) is 7.66. The number of sulfonamides is 1. The summed E-state index contributed by atoms with van der Waals surface area (Å²) in [5.41, 5.74) is 4.68. The first-order valence-electron chi connectivity index (χ1n) is 9.59. The van der Waals surface area contributed by atoms with Crippen LogP contribution in [0.25, 0.3) is 0 Å². The first kappa shape index (κ1) is 21.9. The van der Waals surface area contributed by atoms with Crippen LogP contribution < -0.4 is 10.0 Å². The maximum absolute atomic E-state index is 12.8. The van der Waals surface area contributed by atoms with Gasteiger partial charge >= 0.3 is 0 Å². The van der Waals surface area contributed by atoms with Gasteiger partial charge in [0, 0.05) is 19.0 Å². The molecular formula is C20H33N3O3S. The second kappa shape index (κ2) is 8.71. The fourth-order valence-electron chi connectivity index (χ4n) is 3.69. The van der Waals surface area contributed by atoms with E-state index in [1.54, 1.807) is 0 Å². The van der Waals surface area contributed by atoms with Crippen molar-refractivity contribution in [3.05, 3.63) is 27.8 Å². The third-order valence-electron chi connectivity index (χ3n) is 5.93. The van der Waals surface area contributed by atoms with Crippen molar-refractivity contribution in [1.82, 2.24) is 14.9 Å². The van der Waals surface area contributed by atoms with E-state index in [1.807, 2.05) is 34.6 Å². The predicted octanol–water partition coefficient (Wildman–Crippen LogP) is 2.11. The van der Waals surface area contributed by atoms with Crippen molar-refractivity contribution in [2.75, 3.05) is 26.7 Å². The lowest BCUT2D eigenvalue weighted by atomic mass is 9.95. The fraction of sp³-hybridized carbons (Fsp3) is 0.650. The van der Waals surface area contributed by atoms with Crippen LogP contribution in [-0.2, 0) is 14.8 Å². The highest BCUT2D eigenvalue weighted by Crippen LogP contribution is 2.29. The standard InChI is InChI=1S/C20H33N3O3S/c1-13-14(2)16(4)20(17(5)15(13)3)27(25,26)21-10-7-19(24)22-18-8-11-23(6)12-9-18/h18,21H,7-12H2,1-6H3,(H,22,24). The van der Waals surface area contributed by atoms with E-state index in [4.69, 9.17) is 0 Å². The first-order valence-corrected chi connectivity index (χ1v) is 11.1. The molecule has 1 heterocycles. The Morgan fingerprint density at radius 2 is 1.44 bits per heavy atom. The van der Waals surface area contributed by atoms with Gasteiger partial charge in [-0.2, -0.15) is 0 Å². The van der Waals surface area contributed by atoms with E-state index in [0.717, 1.165) is 53.7 Å². The highest BCUT2D eigenvalue weighted by Gasteiger charge is 2.24. The van der Waals surface area contributed by atoms with Crippen molar-refractivity contribution in [1.29, 1.82) is 0 Å². The molecule has 152 valence electrons. The maximum Gasteiger partial charge on any atom is 0.241 e. The lowest BCUT2D eigenvalue weighted by Crippen LogP contribution is -2.44. The van der Waals surface area contributed by atoms with Crippen LogP contribution in [0.2, 0.25) is 0 Å². The van der Waals surface area contributed by atoms with Crippen LogP contribution in [0.5, 0.6) is 0 Å². The number of likely N-dealkylation sites (tertiary alicyclic amines) is 1. The van der Waals surface area contributed by atoms with E-state index in [0.29, 0.717) is 4.90 Å². The Morgan fingerprint density at radius 1 is 0.963 bits per heavy atom. The molecule has 0 radical (unpaired) electrons. The van der Waals surface area contributed by atoms with E-state index in [9.17, 15) is 13.2 Å². The van der Waals surface area contributed by atoms with Crippen LogP contribution in [-0.4, -0.2) is 51.9 Å². The minimum atomic E-state index is -3.66. The number of piperidine rings is 1. The molecule has 1 aliphatic heterocycles.